The predicted octanol–water partition coefficient (Wildman–Crippen LogP) is 2.04. The number of rotatable bonds is 6. The van der Waals surface area contributed by atoms with Crippen LogP contribution in [0.3, 0.4) is 0 Å². The van der Waals surface area contributed by atoms with Crippen LogP contribution in [-0.4, -0.2) is 65.8 Å². The molecule has 0 aliphatic carbocycles. The van der Waals surface area contributed by atoms with E-state index >= 15 is 0 Å². The number of nitrogens with two attached hydrogens (primary N) is 3. The van der Waals surface area contributed by atoms with Crippen molar-refractivity contribution in [2.24, 2.45) is 0 Å². The second-order valence-corrected chi connectivity index (χ2v) is 14.5. The third-order valence-electron chi connectivity index (χ3n) is 4.62. The van der Waals surface area contributed by atoms with E-state index in [0.717, 1.165) is 5.32 Å². The third kappa shape index (κ3) is 7.57. The Balaban J connectivity index is 0.000000364. The molecule has 0 spiro atoms. The van der Waals surface area contributed by atoms with Crippen LogP contribution in [0.15, 0.2) is 6.08 Å². The highest BCUT2D eigenvalue weighted by molar-refractivity contribution is 14.1. The first-order valence-corrected chi connectivity index (χ1v) is 15.1. The van der Waals surface area contributed by atoms with Crippen molar-refractivity contribution in [3.63, 3.8) is 0 Å². The summed E-state index contributed by atoms with van der Waals surface area (Å²) in [4.78, 5) is 30.0. The van der Waals surface area contributed by atoms with Crippen LogP contribution in [0.1, 0.15) is 5.56 Å². The van der Waals surface area contributed by atoms with Crippen LogP contribution < -0.4 is 37.3 Å². The molecule has 0 aliphatic rings. The lowest BCUT2D eigenvalue weighted by molar-refractivity contribution is -0.173. The molecule has 0 saturated heterocycles. The Morgan fingerprint density at radius 3 is 2.03 bits per heavy atom. The van der Waals surface area contributed by atoms with Gasteiger partial charge in [-0.05, 0) is 22.6 Å². The van der Waals surface area contributed by atoms with Gasteiger partial charge in [-0.15, -0.1) is 0 Å². The Bertz CT molecular complexity index is 1290. The fourth-order valence-electron chi connectivity index (χ4n) is 2.95. The van der Waals surface area contributed by atoms with E-state index in [1.165, 1.54) is 20.3 Å². The number of H-pyrrole nitrogens is 1. The molecular formula is C20H27F3IN9O3Si. The zero-order chi connectivity index (χ0) is 28.1. The van der Waals surface area contributed by atoms with Crippen molar-refractivity contribution < 1.29 is 27.4 Å². The van der Waals surface area contributed by atoms with Crippen LogP contribution >= 0.6 is 22.6 Å². The minimum Gasteiger partial charge on any atom is -0.467 e. The maximum absolute atomic E-state index is 12.2. The molecule has 0 unspecified atom stereocenters. The molecule has 0 saturated carbocycles. The zero-order valence-corrected chi connectivity index (χ0v) is 23.8. The molecule has 0 bridgehead atoms. The summed E-state index contributed by atoms with van der Waals surface area (Å²) in [5, 5.41) is 3.28. The number of aromatic amines is 1. The van der Waals surface area contributed by atoms with Crippen LogP contribution in [0, 0.1) is 3.57 Å². The van der Waals surface area contributed by atoms with Gasteiger partial charge in [0.2, 0.25) is 0 Å². The molecule has 0 aliphatic heterocycles. The Hall–Kier alpha value is -3.35. The molecule has 3 aromatic rings. The number of fused-ring (bicyclic) bond motifs is 1. The van der Waals surface area contributed by atoms with E-state index in [1.807, 2.05) is 22.6 Å². The summed E-state index contributed by atoms with van der Waals surface area (Å²) in [6, 6.07) is 0.312. The topological polar surface area (TPSA) is 193 Å². The van der Waals surface area contributed by atoms with Gasteiger partial charge in [-0.2, -0.15) is 33.1 Å². The van der Waals surface area contributed by atoms with Gasteiger partial charge in [-0.3, -0.25) is 4.79 Å². The minimum atomic E-state index is -4.91. The zero-order valence-electron chi connectivity index (χ0n) is 20.6. The van der Waals surface area contributed by atoms with E-state index in [-0.39, 0.29) is 24.4 Å². The highest BCUT2D eigenvalue weighted by atomic mass is 127. The van der Waals surface area contributed by atoms with Crippen LogP contribution in [-0.2, 0) is 4.79 Å². The smallest absolute Gasteiger partial charge is 0.467 e. The van der Waals surface area contributed by atoms with Crippen molar-refractivity contribution >= 4 is 76.5 Å². The highest BCUT2D eigenvalue weighted by Gasteiger charge is 2.38. The van der Waals surface area contributed by atoms with E-state index in [2.05, 4.69) is 44.6 Å². The molecule has 202 valence electrons. The number of methoxy groups -OCH3 is 2. The summed E-state index contributed by atoms with van der Waals surface area (Å²) >= 11 is 1.97. The number of nitrogens with zero attached hydrogens (tertiary/aromatic N) is 4. The maximum atomic E-state index is 12.2. The van der Waals surface area contributed by atoms with Gasteiger partial charge in [-0.25, -0.2) is 0 Å². The Labute approximate surface area is 224 Å². The van der Waals surface area contributed by atoms with Crippen LogP contribution in [0.2, 0.25) is 19.6 Å². The lowest BCUT2D eigenvalue weighted by Gasteiger charge is -2.15. The van der Waals surface area contributed by atoms with Crippen molar-refractivity contribution in [1.82, 2.24) is 30.2 Å². The number of nitrogens with one attached hydrogen (secondary N) is 2. The summed E-state index contributed by atoms with van der Waals surface area (Å²) in [5.74, 6) is -1.10. The first-order chi connectivity index (χ1) is 17.1. The highest BCUT2D eigenvalue weighted by Crippen LogP contribution is 2.26. The summed E-state index contributed by atoms with van der Waals surface area (Å²) in [5.41, 5.74) is 18.2. The van der Waals surface area contributed by atoms with Gasteiger partial charge in [0.05, 0.1) is 31.2 Å². The SMILES string of the molecule is COc1nc(N)c(I)c(N)n1.COc1nc(N)c2c(/C=C/CNC(=O)C(F)(F)F)c([Si](C)(C)C)[nH]c2n1. The molecule has 12 nitrogen and oxygen atoms in total. The predicted molar refractivity (Wildman–Crippen MR) is 146 cm³/mol. The summed E-state index contributed by atoms with van der Waals surface area (Å²) in [6.07, 6.45) is -1.86. The number of carbonyl (C=O) groups is 1. The number of amides is 1. The van der Waals surface area contributed by atoms with E-state index in [0.29, 0.717) is 31.8 Å². The number of alkyl halides is 3. The van der Waals surface area contributed by atoms with Crippen molar-refractivity contribution in [2.45, 2.75) is 25.8 Å². The number of ether oxygens (including phenoxy) is 2. The monoisotopic (exact) mass is 653 g/mol. The van der Waals surface area contributed by atoms with Gasteiger partial charge < -0.3 is 37.0 Å². The molecule has 17 heteroatoms. The molecule has 0 fully saturated rings. The number of aromatic nitrogens is 5. The van der Waals surface area contributed by atoms with Crippen molar-refractivity contribution in [2.75, 3.05) is 38.0 Å². The van der Waals surface area contributed by atoms with Crippen molar-refractivity contribution in [3.05, 3.63) is 15.2 Å². The van der Waals surface area contributed by atoms with Gasteiger partial charge >= 0.3 is 24.1 Å². The quantitative estimate of drug-likeness (QED) is 0.194. The molecule has 0 aromatic carbocycles. The van der Waals surface area contributed by atoms with Crippen LogP contribution in [0.25, 0.3) is 17.1 Å². The standard InChI is InChI=1S/C15H20F3N5O2Si.C5H7IN4O/c1-25-14-21-10(19)9-8(6-5-7-20-13(24)15(16,17)18)12(26(2,3)4)22-11(9)23-14;1-11-5-9-3(7)2(6)4(8)10-5/h5-6H,7H2,1-4H3,(H,20,24)(H3,19,21,22,23);1H3,(H4,7,8,9,10)/b6-5+;. The average Bonchev–Trinajstić information content (AvgIpc) is 3.19. The van der Waals surface area contributed by atoms with Gasteiger partial charge in [0, 0.05) is 17.4 Å². The van der Waals surface area contributed by atoms with Gasteiger partial charge in [0.1, 0.15) is 23.1 Å². The second kappa shape index (κ2) is 11.8. The number of anilines is 3. The van der Waals surface area contributed by atoms with Crippen LogP contribution in [0.4, 0.5) is 30.6 Å². The Morgan fingerprint density at radius 2 is 1.54 bits per heavy atom. The lowest BCUT2D eigenvalue weighted by Crippen LogP contribution is -2.40. The Morgan fingerprint density at radius 1 is 1.03 bits per heavy atom. The molecule has 0 atom stereocenters. The van der Waals surface area contributed by atoms with E-state index < -0.39 is 20.2 Å². The first kappa shape index (κ1) is 29.9. The summed E-state index contributed by atoms with van der Waals surface area (Å²) < 4.78 is 47.1. The number of hydrogen-bond donors (Lipinski definition) is 5. The number of halogens is 4. The molecule has 8 N–H and O–H groups in total. The lowest BCUT2D eigenvalue weighted by atomic mass is 10.2. The second-order valence-electron chi connectivity index (χ2n) is 8.39. The molecule has 37 heavy (non-hydrogen) atoms. The van der Waals surface area contributed by atoms with E-state index in [1.54, 1.807) is 11.4 Å². The minimum absolute atomic E-state index is 0.117. The molecule has 3 rings (SSSR count). The molecule has 3 heterocycles. The Kier molecular flexibility index (Phi) is 9.52. The van der Waals surface area contributed by atoms with Gasteiger partial charge in [-0.1, -0.05) is 31.8 Å². The first-order valence-electron chi connectivity index (χ1n) is 10.5. The largest absolute Gasteiger partial charge is 0.471 e. The van der Waals surface area contributed by atoms with E-state index in [4.69, 9.17) is 26.7 Å². The van der Waals surface area contributed by atoms with Crippen LogP contribution in [0.5, 0.6) is 12.0 Å². The number of nitrogen functional groups attached to an aromatic ring is 3. The third-order valence-corrected chi connectivity index (χ3v) is 7.62. The molecule has 3 aromatic heterocycles. The fourth-order valence-corrected chi connectivity index (χ4v) is 4.70. The van der Waals surface area contributed by atoms with Crippen molar-refractivity contribution in [1.29, 1.82) is 0 Å². The molecule has 1 amide bonds. The average molecular weight is 653 g/mol. The molecule has 0 radical (unpaired) electrons. The summed E-state index contributed by atoms with van der Waals surface area (Å²) in [7, 11) is 1.02. The van der Waals surface area contributed by atoms with Gasteiger partial charge in [0.25, 0.3) is 0 Å². The van der Waals surface area contributed by atoms with Crippen molar-refractivity contribution in [3.8, 4) is 12.0 Å². The number of hydrogen-bond acceptors (Lipinski definition) is 10. The van der Waals surface area contributed by atoms with E-state index in [9.17, 15) is 18.0 Å². The fraction of sp³-hybridized carbons (Fsp3) is 0.350. The summed E-state index contributed by atoms with van der Waals surface area (Å²) in [6.45, 7) is 6.02. The van der Waals surface area contributed by atoms with Gasteiger partial charge in [0.15, 0.2) is 0 Å². The normalized spacial score (nSPS) is 11.8. The molecular weight excluding hydrogens is 626 g/mol. The maximum Gasteiger partial charge on any atom is 0.471 e. The number of carbonyl (C=O) groups excluding carboxylic acids is 1.